The normalized spacial score (nSPS) is 14.3. The third-order valence-electron chi connectivity index (χ3n) is 4.18. The molecule has 2 aromatic rings. The quantitative estimate of drug-likeness (QED) is 0.483. The largest absolute Gasteiger partial charge is 0.383 e. The van der Waals surface area contributed by atoms with Crippen LogP contribution in [-0.2, 0) is 25.7 Å². The van der Waals surface area contributed by atoms with E-state index in [4.69, 9.17) is 0 Å². The van der Waals surface area contributed by atoms with Crippen molar-refractivity contribution in [3.8, 4) is 0 Å². The van der Waals surface area contributed by atoms with Crippen LogP contribution < -0.4 is 10.6 Å². The molecule has 0 aliphatic rings. The van der Waals surface area contributed by atoms with Gasteiger partial charge in [0.15, 0.2) is 5.96 Å². The van der Waals surface area contributed by atoms with Crippen molar-refractivity contribution < 1.29 is 5.11 Å². The van der Waals surface area contributed by atoms with E-state index in [2.05, 4.69) is 64.0 Å². The summed E-state index contributed by atoms with van der Waals surface area (Å²) in [7, 11) is 5.96. The van der Waals surface area contributed by atoms with E-state index in [1.54, 1.807) is 17.8 Å². The summed E-state index contributed by atoms with van der Waals surface area (Å²) in [5.41, 5.74) is 2.16. The van der Waals surface area contributed by atoms with Crippen molar-refractivity contribution in [2.24, 2.45) is 12.0 Å². The van der Waals surface area contributed by atoms with E-state index in [0.717, 1.165) is 24.2 Å². The van der Waals surface area contributed by atoms with Crippen LogP contribution in [0.5, 0.6) is 0 Å². The minimum Gasteiger partial charge on any atom is -0.383 e. The van der Waals surface area contributed by atoms with E-state index >= 15 is 0 Å². The van der Waals surface area contributed by atoms with Gasteiger partial charge in [0.25, 0.3) is 0 Å². The maximum atomic E-state index is 10.7. The average Bonchev–Trinajstić information content (AvgIpc) is 3.04. The highest BCUT2D eigenvalue weighted by molar-refractivity contribution is 5.79. The molecule has 27 heavy (non-hydrogen) atoms. The molecule has 0 amide bonds. The predicted molar refractivity (Wildman–Crippen MR) is 109 cm³/mol. The van der Waals surface area contributed by atoms with Gasteiger partial charge in [0.2, 0.25) is 0 Å². The zero-order valence-electron chi connectivity index (χ0n) is 17.0. The van der Waals surface area contributed by atoms with Crippen molar-refractivity contribution in [2.75, 3.05) is 27.2 Å². The molecule has 0 saturated carbocycles. The molecule has 1 heterocycles. The third kappa shape index (κ3) is 6.69. The Morgan fingerprint density at radius 2 is 2.04 bits per heavy atom. The summed E-state index contributed by atoms with van der Waals surface area (Å²) in [4.78, 5) is 6.80. The number of guanidine groups is 1. The molecule has 0 radical (unpaired) electrons. The lowest BCUT2D eigenvalue weighted by atomic mass is 10.00. The molecule has 3 N–H and O–H groups in total. The minimum atomic E-state index is -1.03. The predicted octanol–water partition coefficient (Wildman–Crippen LogP) is 1.44. The maximum absolute atomic E-state index is 10.7. The van der Waals surface area contributed by atoms with Crippen LogP contribution in [-0.4, -0.2) is 52.9 Å². The van der Waals surface area contributed by atoms with Gasteiger partial charge in [-0.3, -0.25) is 4.68 Å². The van der Waals surface area contributed by atoms with Crippen LogP contribution in [0.2, 0.25) is 0 Å². The first kappa shape index (κ1) is 20.9. The van der Waals surface area contributed by atoms with Gasteiger partial charge in [-0.05, 0) is 39.1 Å². The van der Waals surface area contributed by atoms with Gasteiger partial charge in [-0.2, -0.15) is 5.10 Å². The van der Waals surface area contributed by atoms with Crippen molar-refractivity contribution in [1.29, 1.82) is 0 Å². The Bertz CT molecular complexity index is 750. The van der Waals surface area contributed by atoms with Gasteiger partial charge < -0.3 is 20.6 Å². The Morgan fingerprint density at radius 3 is 2.67 bits per heavy atom. The zero-order chi connectivity index (χ0) is 19.9. The van der Waals surface area contributed by atoms with Gasteiger partial charge in [-0.25, -0.2) is 4.99 Å². The van der Waals surface area contributed by atoms with E-state index in [9.17, 15) is 5.11 Å². The number of benzene rings is 1. The molecule has 0 saturated heterocycles. The first-order valence-electron chi connectivity index (χ1n) is 9.26. The molecule has 7 nitrogen and oxygen atoms in total. The second kappa shape index (κ2) is 9.53. The van der Waals surface area contributed by atoms with Crippen molar-refractivity contribution in [3.05, 3.63) is 53.3 Å². The summed E-state index contributed by atoms with van der Waals surface area (Å²) < 4.78 is 1.68. The van der Waals surface area contributed by atoms with Gasteiger partial charge in [-0.1, -0.05) is 24.3 Å². The number of aliphatic imine (C=N–C) groups is 1. The van der Waals surface area contributed by atoms with Gasteiger partial charge in [-0.15, -0.1) is 0 Å². The lowest BCUT2D eigenvalue weighted by Gasteiger charge is -2.23. The molecule has 1 atom stereocenters. The zero-order valence-corrected chi connectivity index (χ0v) is 17.0. The number of hydrogen-bond donors (Lipinski definition) is 3. The fourth-order valence-corrected chi connectivity index (χ4v) is 2.76. The molecular formula is C20H32N6O. The Morgan fingerprint density at radius 1 is 1.30 bits per heavy atom. The summed E-state index contributed by atoms with van der Waals surface area (Å²) >= 11 is 0. The van der Waals surface area contributed by atoms with Gasteiger partial charge in [0, 0.05) is 31.9 Å². The van der Waals surface area contributed by atoms with Crippen LogP contribution >= 0.6 is 0 Å². The van der Waals surface area contributed by atoms with Crippen LogP contribution in [0.4, 0.5) is 0 Å². The monoisotopic (exact) mass is 372 g/mol. The standard InChI is InChI=1S/C20H32N6O/c1-6-21-19(23-15-20(2,27)18-12-24-26(5)14-18)22-11-16-8-7-9-17(10-16)13-25(3)4/h7-10,12,14,27H,6,11,13,15H2,1-5H3,(H2,21,22,23). The second-order valence-corrected chi connectivity index (χ2v) is 7.28. The lowest BCUT2D eigenvalue weighted by molar-refractivity contribution is 0.0616. The number of nitrogens with one attached hydrogen (secondary N) is 2. The second-order valence-electron chi connectivity index (χ2n) is 7.28. The highest BCUT2D eigenvalue weighted by Gasteiger charge is 2.24. The molecule has 148 valence electrons. The molecule has 0 aliphatic carbocycles. The molecule has 0 aliphatic heterocycles. The molecule has 0 fully saturated rings. The minimum absolute atomic E-state index is 0.338. The Hall–Kier alpha value is -2.38. The van der Waals surface area contributed by atoms with Crippen molar-refractivity contribution in [1.82, 2.24) is 25.3 Å². The number of aliphatic hydroxyl groups is 1. The molecule has 7 heteroatoms. The summed E-state index contributed by atoms with van der Waals surface area (Å²) in [6.07, 6.45) is 3.50. The molecular weight excluding hydrogens is 340 g/mol. The summed E-state index contributed by atoms with van der Waals surface area (Å²) in [5.74, 6) is 0.680. The van der Waals surface area contributed by atoms with E-state index in [0.29, 0.717) is 19.0 Å². The Labute approximate surface area is 162 Å². The maximum Gasteiger partial charge on any atom is 0.191 e. The Balaban J connectivity index is 2.01. The first-order chi connectivity index (χ1) is 12.8. The number of aryl methyl sites for hydroxylation is 1. The van der Waals surface area contributed by atoms with E-state index < -0.39 is 5.60 Å². The molecule has 1 aromatic carbocycles. The first-order valence-corrected chi connectivity index (χ1v) is 9.26. The number of rotatable bonds is 8. The van der Waals surface area contributed by atoms with Crippen LogP contribution in [0, 0.1) is 0 Å². The molecule has 0 spiro atoms. The average molecular weight is 373 g/mol. The summed E-state index contributed by atoms with van der Waals surface area (Å²) in [5, 5.41) is 21.3. The molecule has 1 aromatic heterocycles. The molecule has 1 unspecified atom stereocenters. The third-order valence-corrected chi connectivity index (χ3v) is 4.18. The smallest absolute Gasteiger partial charge is 0.191 e. The number of aromatic nitrogens is 2. The van der Waals surface area contributed by atoms with Crippen molar-refractivity contribution >= 4 is 5.96 Å². The van der Waals surface area contributed by atoms with Crippen LogP contribution in [0.3, 0.4) is 0 Å². The van der Waals surface area contributed by atoms with Crippen LogP contribution in [0.1, 0.15) is 30.5 Å². The molecule has 0 bridgehead atoms. The van der Waals surface area contributed by atoms with Crippen LogP contribution in [0.15, 0.2) is 41.7 Å². The highest BCUT2D eigenvalue weighted by Crippen LogP contribution is 2.18. The lowest BCUT2D eigenvalue weighted by Crippen LogP contribution is -2.44. The van der Waals surface area contributed by atoms with Gasteiger partial charge in [0.05, 0.1) is 19.3 Å². The highest BCUT2D eigenvalue weighted by atomic mass is 16.3. The van der Waals surface area contributed by atoms with E-state index in [1.807, 2.05) is 20.2 Å². The van der Waals surface area contributed by atoms with Gasteiger partial charge >= 0.3 is 0 Å². The summed E-state index contributed by atoms with van der Waals surface area (Å²) in [6, 6.07) is 8.45. The summed E-state index contributed by atoms with van der Waals surface area (Å²) in [6.45, 7) is 6.36. The van der Waals surface area contributed by atoms with E-state index in [-0.39, 0.29) is 0 Å². The number of hydrogen-bond acceptors (Lipinski definition) is 4. The topological polar surface area (TPSA) is 77.7 Å². The van der Waals surface area contributed by atoms with Crippen LogP contribution in [0.25, 0.3) is 0 Å². The SMILES string of the molecule is CCNC(=NCc1cccc(CN(C)C)c1)NCC(C)(O)c1cnn(C)c1. The number of nitrogens with zero attached hydrogens (tertiary/aromatic N) is 4. The van der Waals surface area contributed by atoms with Crippen molar-refractivity contribution in [2.45, 2.75) is 32.5 Å². The fraction of sp³-hybridized carbons (Fsp3) is 0.500. The van der Waals surface area contributed by atoms with Gasteiger partial charge in [0.1, 0.15) is 5.60 Å². The van der Waals surface area contributed by atoms with Crippen molar-refractivity contribution in [3.63, 3.8) is 0 Å². The Kier molecular flexibility index (Phi) is 7.38. The fourth-order valence-electron chi connectivity index (χ4n) is 2.76. The molecule has 2 rings (SSSR count). The van der Waals surface area contributed by atoms with E-state index in [1.165, 1.54) is 5.56 Å².